The van der Waals surface area contributed by atoms with Crippen molar-refractivity contribution in [3.05, 3.63) is 29.3 Å². The molecule has 1 heterocycles. The Hall–Kier alpha value is -1.59. The number of phenols is 1. The molecule has 2 N–H and O–H groups in total. The minimum Gasteiger partial charge on any atom is -0.508 e. The fourth-order valence-corrected chi connectivity index (χ4v) is 9.09. The summed E-state index contributed by atoms with van der Waals surface area (Å²) in [4.78, 5) is 16.7. The van der Waals surface area contributed by atoms with Crippen LogP contribution in [-0.2, 0) is 11.2 Å². The predicted molar refractivity (Wildman–Crippen MR) is 158 cm³/mol. The first-order chi connectivity index (χ1) is 18.9. The van der Waals surface area contributed by atoms with Crippen LogP contribution in [0, 0.1) is 23.2 Å². The van der Waals surface area contributed by atoms with Crippen LogP contribution in [-0.4, -0.2) is 65.3 Å². The van der Waals surface area contributed by atoms with E-state index in [1.807, 2.05) is 12.1 Å². The number of amides is 1. The Labute approximate surface area is 237 Å². The number of aliphatic hydroxyl groups is 1. The van der Waals surface area contributed by atoms with E-state index in [1.165, 1.54) is 75.3 Å². The van der Waals surface area contributed by atoms with Crippen LogP contribution in [0.1, 0.15) is 114 Å². The van der Waals surface area contributed by atoms with Gasteiger partial charge < -0.3 is 20.0 Å². The highest BCUT2D eigenvalue weighted by Gasteiger charge is 2.57. The molecule has 1 amide bonds. The first-order valence-corrected chi connectivity index (χ1v) is 16.3. The van der Waals surface area contributed by atoms with E-state index in [-0.39, 0.29) is 11.5 Å². The lowest BCUT2D eigenvalue weighted by Gasteiger charge is -2.54. The minimum absolute atomic E-state index is 0.0893. The molecule has 0 unspecified atom stereocenters. The smallest absolute Gasteiger partial charge is 0.222 e. The van der Waals surface area contributed by atoms with Gasteiger partial charge in [-0.15, -0.1) is 0 Å². The van der Waals surface area contributed by atoms with E-state index in [9.17, 15) is 15.0 Å². The van der Waals surface area contributed by atoms with Crippen LogP contribution in [0.5, 0.6) is 5.75 Å². The van der Waals surface area contributed by atoms with Gasteiger partial charge in [-0.2, -0.15) is 0 Å². The van der Waals surface area contributed by atoms with E-state index < -0.39 is 0 Å². The lowest BCUT2D eigenvalue weighted by Crippen LogP contribution is -2.47. The van der Waals surface area contributed by atoms with Crippen LogP contribution in [0.15, 0.2) is 18.2 Å². The molecular weight excluding hydrogens is 484 g/mol. The van der Waals surface area contributed by atoms with E-state index in [0.717, 1.165) is 58.3 Å². The molecule has 1 aliphatic heterocycles. The number of piperazine rings is 1. The van der Waals surface area contributed by atoms with Crippen LogP contribution >= 0.6 is 0 Å². The van der Waals surface area contributed by atoms with Gasteiger partial charge in [-0.05, 0) is 104 Å². The van der Waals surface area contributed by atoms with Crippen molar-refractivity contribution in [2.45, 2.75) is 115 Å². The summed E-state index contributed by atoms with van der Waals surface area (Å²) in [6, 6.07) is 6.14. The van der Waals surface area contributed by atoms with E-state index in [1.54, 1.807) is 0 Å². The Morgan fingerprint density at radius 2 is 1.64 bits per heavy atom. The monoisotopic (exact) mass is 538 g/mol. The molecule has 4 aliphatic rings. The SMILES string of the molecule is CN1CCN(C(=O)CCCCCCCCCC[C@H]2C[C@]3(C)[C@@H](O)CC[C@H]3[C@@H]3CCc4cc(O)ccc4[C@@H]23)CC1. The number of phenolic OH excluding ortho intramolecular Hbond substituents is 1. The van der Waals surface area contributed by atoms with Crippen molar-refractivity contribution in [2.24, 2.45) is 23.2 Å². The van der Waals surface area contributed by atoms with Crippen molar-refractivity contribution < 1.29 is 15.0 Å². The maximum absolute atomic E-state index is 12.4. The number of hydrogen-bond acceptors (Lipinski definition) is 4. The molecule has 6 atom stereocenters. The molecule has 218 valence electrons. The van der Waals surface area contributed by atoms with E-state index in [0.29, 0.717) is 35.3 Å². The highest BCUT2D eigenvalue weighted by atomic mass is 16.3. The number of fused-ring (bicyclic) bond motifs is 5. The number of likely N-dealkylation sites (N-methyl/N-ethyl adjacent to an activating group) is 1. The van der Waals surface area contributed by atoms with Crippen LogP contribution in [0.3, 0.4) is 0 Å². The quantitative estimate of drug-likeness (QED) is 0.315. The number of carbonyl (C=O) groups is 1. The molecule has 5 nitrogen and oxygen atoms in total. The molecule has 0 radical (unpaired) electrons. The number of benzene rings is 1. The summed E-state index contributed by atoms with van der Waals surface area (Å²) in [7, 11) is 2.13. The number of aromatic hydroxyl groups is 1. The highest BCUT2D eigenvalue weighted by molar-refractivity contribution is 5.76. The number of aryl methyl sites for hydroxylation is 1. The standard InChI is InChI=1S/C34H54N2O3/c1-34-24-26(11-9-7-5-3-4-6-8-10-12-32(39)36-21-19-35(2)20-22-36)33-28-16-14-27(37)23-25(28)13-15-29(33)30(34)17-18-31(34)38/h14,16,23,26,29-31,33,37-38H,3-13,15,17-22,24H2,1-2H3/t26-,29-,30-,31-,33+,34-/m0/s1. The maximum Gasteiger partial charge on any atom is 0.222 e. The molecule has 5 heteroatoms. The Morgan fingerprint density at radius 3 is 2.38 bits per heavy atom. The summed E-state index contributed by atoms with van der Waals surface area (Å²) in [5.41, 5.74) is 2.96. The highest BCUT2D eigenvalue weighted by Crippen LogP contribution is 2.63. The summed E-state index contributed by atoms with van der Waals surface area (Å²) in [5.74, 6) is 3.34. The van der Waals surface area contributed by atoms with Crippen LogP contribution in [0.4, 0.5) is 0 Å². The molecule has 5 rings (SSSR count). The van der Waals surface area contributed by atoms with Gasteiger partial charge in [0, 0.05) is 32.6 Å². The summed E-state index contributed by atoms with van der Waals surface area (Å²) < 4.78 is 0. The largest absolute Gasteiger partial charge is 0.508 e. The number of nitrogens with zero attached hydrogens (tertiary/aromatic N) is 2. The average molecular weight is 539 g/mol. The minimum atomic E-state index is -0.135. The molecular formula is C34H54N2O3. The molecule has 1 aromatic carbocycles. The van der Waals surface area contributed by atoms with Gasteiger partial charge in [-0.1, -0.05) is 57.9 Å². The molecule has 1 saturated heterocycles. The molecule has 0 bridgehead atoms. The van der Waals surface area contributed by atoms with E-state index >= 15 is 0 Å². The molecule has 3 aliphatic carbocycles. The van der Waals surface area contributed by atoms with E-state index in [2.05, 4.69) is 29.8 Å². The summed E-state index contributed by atoms with van der Waals surface area (Å²) in [5, 5.41) is 21.1. The Bertz CT molecular complexity index is 958. The Balaban J connectivity index is 1.03. The zero-order valence-electron chi connectivity index (χ0n) is 24.8. The Kier molecular flexibility index (Phi) is 9.59. The summed E-state index contributed by atoms with van der Waals surface area (Å²) >= 11 is 0. The normalized spacial score (nSPS) is 32.5. The predicted octanol–water partition coefficient (Wildman–Crippen LogP) is 6.51. The number of aliphatic hydroxyl groups excluding tert-OH is 1. The van der Waals surface area contributed by atoms with Gasteiger partial charge in [0.05, 0.1) is 6.10 Å². The molecule has 2 saturated carbocycles. The van der Waals surface area contributed by atoms with Crippen molar-refractivity contribution in [1.29, 1.82) is 0 Å². The zero-order valence-corrected chi connectivity index (χ0v) is 24.8. The van der Waals surface area contributed by atoms with E-state index in [4.69, 9.17) is 0 Å². The average Bonchev–Trinajstić information content (AvgIpc) is 3.23. The number of carbonyl (C=O) groups excluding carboxylic acids is 1. The Morgan fingerprint density at radius 1 is 0.949 bits per heavy atom. The second-order valence-electron chi connectivity index (χ2n) is 13.8. The van der Waals surface area contributed by atoms with Crippen LogP contribution in [0.2, 0.25) is 0 Å². The molecule has 0 spiro atoms. The third-order valence-corrected chi connectivity index (χ3v) is 11.4. The van der Waals surface area contributed by atoms with Gasteiger partial charge in [-0.25, -0.2) is 0 Å². The zero-order chi connectivity index (χ0) is 27.4. The molecule has 0 aromatic heterocycles. The lowest BCUT2D eigenvalue weighted by molar-refractivity contribution is -0.132. The number of hydrogen-bond donors (Lipinski definition) is 2. The van der Waals surface area contributed by atoms with Gasteiger partial charge in [0.25, 0.3) is 0 Å². The number of rotatable bonds is 11. The maximum atomic E-state index is 12.4. The molecule has 3 fully saturated rings. The van der Waals surface area contributed by atoms with Gasteiger partial charge in [0.2, 0.25) is 5.91 Å². The van der Waals surface area contributed by atoms with Gasteiger partial charge in [0.15, 0.2) is 0 Å². The van der Waals surface area contributed by atoms with Crippen LogP contribution < -0.4 is 0 Å². The first kappa shape index (κ1) is 28.9. The first-order valence-electron chi connectivity index (χ1n) is 16.3. The van der Waals surface area contributed by atoms with Gasteiger partial charge in [-0.3, -0.25) is 4.79 Å². The summed E-state index contributed by atoms with van der Waals surface area (Å²) in [6.45, 7) is 6.20. The second-order valence-corrected chi connectivity index (χ2v) is 13.8. The van der Waals surface area contributed by atoms with Crippen molar-refractivity contribution in [3.8, 4) is 5.75 Å². The fourth-order valence-electron chi connectivity index (χ4n) is 9.09. The van der Waals surface area contributed by atoms with Gasteiger partial charge >= 0.3 is 0 Å². The number of unbranched alkanes of at least 4 members (excludes halogenated alkanes) is 7. The summed E-state index contributed by atoms with van der Waals surface area (Å²) in [6.07, 6.45) is 17.5. The van der Waals surface area contributed by atoms with Crippen molar-refractivity contribution in [2.75, 3.05) is 33.2 Å². The van der Waals surface area contributed by atoms with Gasteiger partial charge in [0.1, 0.15) is 5.75 Å². The van der Waals surface area contributed by atoms with Crippen molar-refractivity contribution >= 4 is 5.91 Å². The van der Waals surface area contributed by atoms with Crippen LogP contribution in [0.25, 0.3) is 0 Å². The van der Waals surface area contributed by atoms with Crippen molar-refractivity contribution in [3.63, 3.8) is 0 Å². The third kappa shape index (κ3) is 6.50. The topological polar surface area (TPSA) is 64.0 Å². The second kappa shape index (κ2) is 12.9. The molecule has 39 heavy (non-hydrogen) atoms. The lowest BCUT2D eigenvalue weighted by atomic mass is 9.51. The molecule has 1 aromatic rings. The van der Waals surface area contributed by atoms with Crippen molar-refractivity contribution in [1.82, 2.24) is 9.80 Å². The third-order valence-electron chi connectivity index (χ3n) is 11.4. The fraction of sp³-hybridized carbons (Fsp3) is 0.794.